The van der Waals surface area contributed by atoms with E-state index < -0.39 is 27.6 Å². The molecule has 1 amide bonds. The summed E-state index contributed by atoms with van der Waals surface area (Å²) >= 11 is 0. The van der Waals surface area contributed by atoms with Crippen molar-refractivity contribution in [1.82, 2.24) is 9.21 Å². The topological polar surface area (TPSA) is 57.7 Å². The molecule has 0 spiro atoms. The van der Waals surface area contributed by atoms with Crippen LogP contribution in [0.15, 0.2) is 47.4 Å². The van der Waals surface area contributed by atoms with E-state index in [1.54, 1.807) is 24.3 Å². The van der Waals surface area contributed by atoms with Crippen molar-refractivity contribution < 1.29 is 22.0 Å². The van der Waals surface area contributed by atoms with E-state index in [4.69, 9.17) is 0 Å². The number of nitrogens with zero attached hydrogens (tertiary/aromatic N) is 2. The maximum Gasteiger partial charge on any atom is 0.257 e. The number of sulfonamides is 1. The second kappa shape index (κ2) is 7.84. The SMILES string of the molecule is CC(C)(C)c1ccc(S(=O)(=O)N2CCN(C(=O)c3cccc(F)c3F)CC2)cc1. The van der Waals surface area contributed by atoms with Gasteiger partial charge in [-0.05, 0) is 35.2 Å². The Hall–Kier alpha value is -2.32. The standard InChI is InChI=1S/C21H24F2N2O3S/c1-21(2,3)15-7-9-16(10-8-15)29(27,28)25-13-11-24(12-14-25)20(26)17-5-4-6-18(22)19(17)23/h4-10H,11-14H2,1-3H3. The van der Waals surface area contributed by atoms with E-state index in [1.807, 2.05) is 20.8 Å². The van der Waals surface area contributed by atoms with Crippen molar-refractivity contribution in [3.8, 4) is 0 Å². The predicted molar refractivity (Wildman–Crippen MR) is 106 cm³/mol. The van der Waals surface area contributed by atoms with Gasteiger partial charge in [0.15, 0.2) is 11.6 Å². The summed E-state index contributed by atoms with van der Waals surface area (Å²) in [5, 5.41) is 0. The molecule has 0 unspecified atom stereocenters. The van der Waals surface area contributed by atoms with Crippen molar-refractivity contribution in [2.24, 2.45) is 0 Å². The number of benzene rings is 2. The normalized spacial score (nSPS) is 16.1. The van der Waals surface area contributed by atoms with Gasteiger partial charge in [-0.1, -0.05) is 39.0 Å². The Morgan fingerprint density at radius 2 is 1.52 bits per heavy atom. The molecule has 1 aliphatic heterocycles. The fourth-order valence-electron chi connectivity index (χ4n) is 3.25. The van der Waals surface area contributed by atoms with E-state index in [-0.39, 0.29) is 42.1 Å². The summed E-state index contributed by atoms with van der Waals surface area (Å²) in [5.74, 6) is -2.92. The summed E-state index contributed by atoms with van der Waals surface area (Å²) in [6, 6.07) is 10.2. The van der Waals surface area contributed by atoms with Crippen LogP contribution in [0, 0.1) is 11.6 Å². The van der Waals surface area contributed by atoms with Crippen LogP contribution in [0.1, 0.15) is 36.7 Å². The number of rotatable bonds is 3. The molecule has 0 aliphatic carbocycles. The summed E-state index contributed by atoms with van der Waals surface area (Å²) in [4.78, 5) is 14.0. The maximum atomic E-state index is 13.9. The third-order valence-electron chi connectivity index (χ3n) is 5.07. The smallest absolute Gasteiger partial charge is 0.257 e. The summed E-state index contributed by atoms with van der Waals surface area (Å²) < 4.78 is 54.4. The zero-order chi connectivity index (χ0) is 21.4. The van der Waals surface area contributed by atoms with Gasteiger partial charge in [0, 0.05) is 26.2 Å². The molecule has 1 heterocycles. The highest BCUT2D eigenvalue weighted by Crippen LogP contribution is 2.25. The predicted octanol–water partition coefficient (Wildman–Crippen LogP) is 3.41. The van der Waals surface area contributed by atoms with Gasteiger partial charge >= 0.3 is 0 Å². The highest BCUT2D eigenvalue weighted by molar-refractivity contribution is 7.89. The Bertz CT molecular complexity index is 1010. The van der Waals surface area contributed by atoms with E-state index >= 15 is 0 Å². The van der Waals surface area contributed by atoms with Crippen LogP contribution in [0.3, 0.4) is 0 Å². The van der Waals surface area contributed by atoms with Crippen molar-refractivity contribution in [3.05, 3.63) is 65.2 Å². The lowest BCUT2D eigenvalue weighted by atomic mass is 9.87. The van der Waals surface area contributed by atoms with Crippen LogP contribution in [0.4, 0.5) is 8.78 Å². The average Bonchev–Trinajstić information content (AvgIpc) is 2.69. The van der Waals surface area contributed by atoms with Gasteiger partial charge in [-0.3, -0.25) is 4.79 Å². The molecule has 0 bridgehead atoms. The van der Waals surface area contributed by atoms with Crippen LogP contribution >= 0.6 is 0 Å². The number of halogens is 2. The Kier molecular flexibility index (Phi) is 5.78. The molecule has 29 heavy (non-hydrogen) atoms. The minimum absolute atomic E-state index is 0.0829. The van der Waals surface area contributed by atoms with Gasteiger partial charge in [0.05, 0.1) is 10.5 Å². The number of carbonyl (C=O) groups is 1. The second-order valence-corrected chi connectivity index (χ2v) is 10.0. The van der Waals surface area contributed by atoms with Crippen LogP contribution in [0.25, 0.3) is 0 Å². The summed E-state index contributed by atoms with van der Waals surface area (Å²) in [6.07, 6.45) is 0. The third kappa shape index (κ3) is 4.33. The summed E-state index contributed by atoms with van der Waals surface area (Å²) in [6.45, 7) is 6.54. The Morgan fingerprint density at radius 3 is 2.07 bits per heavy atom. The quantitative estimate of drug-likeness (QED) is 0.762. The fourth-order valence-corrected chi connectivity index (χ4v) is 4.67. The molecule has 3 rings (SSSR count). The minimum Gasteiger partial charge on any atom is -0.336 e. The van der Waals surface area contributed by atoms with E-state index in [2.05, 4.69) is 0 Å². The highest BCUT2D eigenvalue weighted by atomic mass is 32.2. The molecular formula is C21H24F2N2O3S. The molecule has 2 aromatic rings. The molecule has 8 heteroatoms. The van der Waals surface area contributed by atoms with E-state index in [0.717, 1.165) is 11.6 Å². The largest absolute Gasteiger partial charge is 0.336 e. The van der Waals surface area contributed by atoms with Crippen LogP contribution in [-0.4, -0.2) is 49.7 Å². The molecule has 0 N–H and O–H groups in total. The number of hydrogen-bond donors (Lipinski definition) is 0. The highest BCUT2D eigenvalue weighted by Gasteiger charge is 2.31. The molecule has 0 aromatic heterocycles. The molecule has 5 nitrogen and oxygen atoms in total. The summed E-state index contributed by atoms with van der Waals surface area (Å²) in [5.41, 5.74) is 0.601. The lowest BCUT2D eigenvalue weighted by molar-refractivity contribution is 0.0692. The lowest BCUT2D eigenvalue weighted by Gasteiger charge is -2.34. The molecule has 0 saturated carbocycles. The van der Waals surface area contributed by atoms with Crippen molar-refractivity contribution in [2.75, 3.05) is 26.2 Å². The Labute approximate surface area is 170 Å². The zero-order valence-corrected chi connectivity index (χ0v) is 17.5. The first kappa shape index (κ1) is 21.4. The number of piperazine rings is 1. The molecule has 156 valence electrons. The van der Waals surface area contributed by atoms with Gasteiger partial charge < -0.3 is 4.90 Å². The molecule has 0 radical (unpaired) electrons. The van der Waals surface area contributed by atoms with Gasteiger partial charge in [0.25, 0.3) is 5.91 Å². The van der Waals surface area contributed by atoms with Gasteiger partial charge in [-0.15, -0.1) is 0 Å². The minimum atomic E-state index is -3.69. The Morgan fingerprint density at radius 1 is 0.931 bits per heavy atom. The van der Waals surface area contributed by atoms with Gasteiger partial charge in [0.1, 0.15) is 0 Å². The first-order valence-electron chi connectivity index (χ1n) is 9.36. The van der Waals surface area contributed by atoms with Crippen LogP contribution in [0.2, 0.25) is 0 Å². The van der Waals surface area contributed by atoms with Crippen molar-refractivity contribution in [2.45, 2.75) is 31.1 Å². The molecular weight excluding hydrogens is 398 g/mol. The number of amides is 1. The average molecular weight is 422 g/mol. The zero-order valence-electron chi connectivity index (χ0n) is 16.7. The summed E-state index contributed by atoms with van der Waals surface area (Å²) in [7, 11) is -3.69. The van der Waals surface area contributed by atoms with E-state index in [0.29, 0.717) is 0 Å². The van der Waals surface area contributed by atoms with E-state index in [1.165, 1.54) is 21.3 Å². The molecule has 2 aromatic carbocycles. The van der Waals surface area contributed by atoms with Crippen LogP contribution in [-0.2, 0) is 15.4 Å². The second-order valence-electron chi connectivity index (χ2n) is 8.07. The number of carbonyl (C=O) groups excluding carboxylic acids is 1. The van der Waals surface area contributed by atoms with E-state index in [9.17, 15) is 22.0 Å². The molecule has 1 aliphatic rings. The molecule has 1 fully saturated rings. The van der Waals surface area contributed by atoms with Crippen LogP contribution in [0.5, 0.6) is 0 Å². The van der Waals surface area contributed by atoms with Crippen molar-refractivity contribution >= 4 is 15.9 Å². The molecule has 1 saturated heterocycles. The molecule has 0 atom stereocenters. The van der Waals surface area contributed by atoms with Gasteiger partial charge in [-0.25, -0.2) is 17.2 Å². The monoisotopic (exact) mass is 422 g/mol. The van der Waals surface area contributed by atoms with Crippen LogP contribution < -0.4 is 0 Å². The van der Waals surface area contributed by atoms with Gasteiger partial charge in [0.2, 0.25) is 10.0 Å². The first-order valence-corrected chi connectivity index (χ1v) is 10.8. The number of hydrogen-bond acceptors (Lipinski definition) is 3. The van der Waals surface area contributed by atoms with Crippen molar-refractivity contribution in [3.63, 3.8) is 0 Å². The fraction of sp³-hybridized carbons (Fsp3) is 0.381. The maximum absolute atomic E-state index is 13.9. The lowest BCUT2D eigenvalue weighted by Crippen LogP contribution is -2.50. The third-order valence-corrected chi connectivity index (χ3v) is 6.98. The first-order chi connectivity index (χ1) is 13.5. The van der Waals surface area contributed by atoms with Gasteiger partial charge in [-0.2, -0.15) is 4.31 Å². The van der Waals surface area contributed by atoms with Crippen molar-refractivity contribution in [1.29, 1.82) is 0 Å². The Balaban J connectivity index is 1.71.